The molecule has 0 radical (unpaired) electrons. The Balaban J connectivity index is 1.59. The molecule has 1 aliphatic rings. The van der Waals surface area contributed by atoms with Gasteiger partial charge in [-0.05, 0) is 25.5 Å². The summed E-state index contributed by atoms with van der Waals surface area (Å²) in [5.41, 5.74) is 1.79. The van der Waals surface area contributed by atoms with Crippen LogP contribution in [0.1, 0.15) is 12.1 Å². The second-order valence-corrected chi connectivity index (χ2v) is 6.60. The molecule has 2 amide bonds. The van der Waals surface area contributed by atoms with Gasteiger partial charge in [0.1, 0.15) is 5.75 Å². The van der Waals surface area contributed by atoms with E-state index in [9.17, 15) is 4.79 Å². The number of nitrogens with zero attached hydrogens (tertiary/aromatic N) is 3. The van der Waals surface area contributed by atoms with Crippen molar-refractivity contribution in [3.63, 3.8) is 0 Å². The molecule has 128 valence electrons. The molecular formula is C17H22N4O2S. The summed E-state index contributed by atoms with van der Waals surface area (Å²) in [5, 5.41) is 6.06. The lowest BCUT2D eigenvalue weighted by molar-refractivity contribution is 0.215. The van der Waals surface area contributed by atoms with Crippen LogP contribution in [0.15, 0.2) is 29.6 Å². The molecule has 1 fully saturated rings. The minimum Gasteiger partial charge on any atom is -0.497 e. The van der Waals surface area contributed by atoms with Gasteiger partial charge in [0.05, 0.1) is 12.8 Å². The van der Waals surface area contributed by atoms with Crippen LogP contribution in [-0.2, 0) is 0 Å². The molecule has 1 aliphatic heterocycles. The summed E-state index contributed by atoms with van der Waals surface area (Å²) in [4.78, 5) is 21.2. The number of aryl methyl sites for hydroxylation is 1. The van der Waals surface area contributed by atoms with Gasteiger partial charge in [-0.15, -0.1) is 11.3 Å². The zero-order valence-electron chi connectivity index (χ0n) is 14.0. The first-order chi connectivity index (χ1) is 11.7. The Morgan fingerprint density at radius 1 is 1.29 bits per heavy atom. The van der Waals surface area contributed by atoms with Crippen molar-refractivity contribution < 1.29 is 9.53 Å². The molecule has 1 N–H and O–H groups in total. The van der Waals surface area contributed by atoms with Crippen molar-refractivity contribution in [2.24, 2.45) is 0 Å². The third-order valence-corrected chi connectivity index (χ3v) is 5.00. The maximum atomic E-state index is 12.5. The molecule has 2 heterocycles. The van der Waals surface area contributed by atoms with Crippen LogP contribution in [0.5, 0.6) is 5.75 Å². The number of aromatic nitrogens is 1. The predicted octanol–water partition coefficient (Wildman–Crippen LogP) is 3.20. The number of anilines is 2. The van der Waals surface area contributed by atoms with Gasteiger partial charge in [-0.3, -0.25) is 0 Å². The Labute approximate surface area is 146 Å². The molecule has 24 heavy (non-hydrogen) atoms. The molecule has 0 aliphatic carbocycles. The van der Waals surface area contributed by atoms with Gasteiger partial charge in [0, 0.05) is 43.3 Å². The fourth-order valence-electron chi connectivity index (χ4n) is 2.70. The Hall–Kier alpha value is -2.28. The first-order valence-electron chi connectivity index (χ1n) is 8.03. The van der Waals surface area contributed by atoms with Crippen LogP contribution in [0.2, 0.25) is 0 Å². The molecule has 0 atom stereocenters. The van der Waals surface area contributed by atoms with E-state index in [0.717, 1.165) is 48.3 Å². The van der Waals surface area contributed by atoms with Gasteiger partial charge >= 0.3 is 6.03 Å². The van der Waals surface area contributed by atoms with Crippen LogP contribution < -0.4 is 15.0 Å². The van der Waals surface area contributed by atoms with Gasteiger partial charge in [0.2, 0.25) is 0 Å². The molecule has 0 saturated carbocycles. The number of rotatable bonds is 3. The van der Waals surface area contributed by atoms with Crippen LogP contribution in [0.3, 0.4) is 0 Å². The number of thiazole rings is 1. The van der Waals surface area contributed by atoms with Gasteiger partial charge in [0.15, 0.2) is 5.13 Å². The normalized spacial score (nSPS) is 15.1. The highest BCUT2D eigenvalue weighted by Crippen LogP contribution is 2.22. The van der Waals surface area contributed by atoms with E-state index in [0.29, 0.717) is 6.54 Å². The minimum atomic E-state index is -0.0691. The van der Waals surface area contributed by atoms with Crippen LogP contribution >= 0.6 is 11.3 Å². The lowest BCUT2D eigenvalue weighted by Crippen LogP contribution is -2.38. The standard InChI is InChI=1S/C17H22N4O2S/c1-13-12-24-17(18-13)21-8-4-7-20(9-10-21)16(22)19-14-5-3-6-15(11-14)23-2/h3,5-6,11-12H,4,7-10H2,1-2H3,(H,19,22). The van der Waals surface area contributed by atoms with E-state index in [1.807, 2.05) is 36.1 Å². The van der Waals surface area contributed by atoms with Gasteiger partial charge in [0.25, 0.3) is 0 Å². The van der Waals surface area contributed by atoms with Crippen molar-refractivity contribution >= 4 is 28.2 Å². The third-order valence-electron chi connectivity index (χ3n) is 3.98. The molecule has 0 bridgehead atoms. The van der Waals surface area contributed by atoms with Crippen molar-refractivity contribution in [1.29, 1.82) is 0 Å². The topological polar surface area (TPSA) is 57.7 Å². The summed E-state index contributed by atoms with van der Waals surface area (Å²) >= 11 is 1.66. The van der Waals surface area contributed by atoms with E-state index in [-0.39, 0.29) is 6.03 Å². The maximum absolute atomic E-state index is 12.5. The molecule has 1 aromatic heterocycles. The van der Waals surface area contributed by atoms with Gasteiger partial charge in [-0.25, -0.2) is 9.78 Å². The fourth-order valence-corrected chi connectivity index (χ4v) is 3.56. The number of benzene rings is 1. The van der Waals surface area contributed by atoms with Crippen molar-refractivity contribution in [2.45, 2.75) is 13.3 Å². The van der Waals surface area contributed by atoms with E-state index in [1.165, 1.54) is 0 Å². The second kappa shape index (κ2) is 7.53. The Morgan fingerprint density at radius 2 is 2.17 bits per heavy atom. The SMILES string of the molecule is COc1cccc(NC(=O)N2CCCN(c3nc(C)cs3)CC2)c1. The summed E-state index contributed by atoms with van der Waals surface area (Å²) < 4.78 is 5.19. The summed E-state index contributed by atoms with van der Waals surface area (Å²) in [6, 6.07) is 7.34. The van der Waals surface area contributed by atoms with Gasteiger partial charge < -0.3 is 19.9 Å². The van der Waals surface area contributed by atoms with E-state index < -0.39 is 0 Å². The summed E-state index contributed by atoms with van der Waals surface area (Å²) in [6.07, 6.45) is 0.935. The van der Waals surface area contributed by atoms with Crippen LogP contribution in [0.4, 0.5) is 15.6 Å². The number of carbonyl (C=O) groups excluding carboxylic acids is 1. The van der Waals surface area contributed by atoms with Crippen LogP contribution in [0.25, 0.3) is 0 Å². The smallest absolute Gasteiger partial charge is 0.321 e. The molecule has 2 aromatic rings. The first kappa shape index (κ1) is 16.6. The van der Waals surface area contributed by atoms with E-state index in [1.54, 1.807) is 18.4 Å². The summed E-state index contributed by atoms with van der Waals surface area (Å²) in [7, 11) is 1.62. The van der Waals surface area contributed by atoms with E-state index >= 15 is 0 Å². The molecule has 7 heteroatoms. The quantitative estimate of drug-likeness (QED) is 0.927. The number of methoxy groups -OCH3 is 1. The monoisotopic (exact) mass is 346 g/mol. The Bertz CT molecular complexity index is 703. The summed E-state index contributed by atoms with van der Waals surface area (Å²) in [6.45, 7) is 5.17. The second-order valence-electron chi connectivity index (χ2n) is 5.76. The number of hydrogen-bond acceptors (Lipinski definition) is 5. The minimum absolute atomic E-state index is 0.0691. The number of urea groups is 1. The number of hydrogen-bond donors (Lipinski definition) is 1. The van der Waals surface area contributed by atoms with E-state index in [2.05, 4.69) is 20.6 Å². The molecule has 3 rings (SSSR count). The number of amides is 2. The molecule has 1 aromatic carbocycles. The third kappa shape index (κ3) is 3.97. The molecule has 1 saturated heterocycles. The highest BCUT2D eigenvalue weighted by atomic mass is 32.1. The zero-order chi connectivity index (χ0) is 16.9. The Kier molecular flexibility index (Phi) is 5.20. The molecule has 0 spiro atoms. The molecule has 0 unspecified atom stereocenters. The first-order valence-corrected chi connectivity index (χ1v) is 8.91. The van der Waals surface area contributed by atoms with Gasteiger partial charge in [-0.1, -0.05) is 6.07 Å². The highest BCUT2D eigenvalue weighted by Gasteiger charge is 2.20. The highest BCUT2D eigenvalue weighted by molar-refractivity contribution is 7.13. The van der Waals surface area contributed by atoms with Crippen molar-refractivity contribution in [1.82, 2.24) is 9.88 Å². The van der Waals surface area contributed by atoms with Crippen LogP contribution in [0, 0.1) is 6.92 Å². The van der Waals surface area contributed by atoms with Crippen molar-refractivity contribution in [2.75, 3.05) is 43.5 Å². The number of carbonyl (C=O) groups is 1. The van der Waals surface area contributed by atoms with Crippen LogP contribution in [-0.4, -0.2) is 49.2 Å². The lowest BCUT2D eigenvalue weighted by Gasteiger charge is -2.22. The average molecular weight is 346 g/mol. The molecule has 6 nitrogen and oxygen atoms in total. The largest absolute Gasteiger partial charge is 0.497 e. The summed E-state index contributed by atoms with van der Waals surface area (Å²) in [5.74, 6) is 0.731. The molecular weight excluding hydrogens is 324 g/mol. The maximum Gasteiger partial charge on any atom is 0.321 e. The Morgan fingerprint density at radius 3 is 2.92 bits per heavy atom. The average Bonchev–Trinajstić information content (AvgIpc) is 2.87. The van der Waals surface area contributed by atoms with Crippen molar-refractivity contribution in [3.05, 3.63) is 35.3 Å². The lowest BCUT2D eigenvalue weighted by atomic mass is 10.3. The zero-order valence-corrected chi connectivity index (χ0v) is 14.8. The van der Waals surface area contributed by atoms with Gasteiger partial charge in [-0.2, -0.15) is 0 Å². The predicted molar refractivity (Wildman–Crippen MR) is 97.3 cm³/mol. The number of nitrogens with one attached hydrogen (secondary N) is 1. The van der Waals surface area contributed by atoms with E-state index in [4.69, 9.17) is 4.74 Å². The fraction of sp³-hybridized carbons (Fsp3) is 0.412. The number of ether oxygens (including phenoxy) is 1. The van der Waals surface area contributed by atoms with Crippen molar-refractivity contribution in [3.8, 4) is 5.75 Å².